The highest BCUT2D eigenvalue weighted by Gasteiger charge is 2.31. The molecule has 4 rings (SSSR count). The second kappa shape index (κ2) is 7.58. The third kappa shape index (κ3) is 3.55. The van der Waals surface area contributed by atoms with E-state index in [1.165, 1.54) is 10.6 Å². The van der Waals surface area contributed by atoms with Crippen LogP contribution in [0.25, 0.3) is 10.9 Å². The Labute approximate surface area is 166 Å². The predicted octanol–water partition coefficient (Wildman–Crippen LogP) is 3.32. The number of Topliss-reactive ketones (excluding diaryl/α,β-unsaturated/α-hetero) is 2. The van der Waals surface area contributed by atoms with Crippen molar-refractivity contribution in [3.63, 3.8) is 0 Å². The van der Waals surface area contributed by atoms with Crippen LogP contribution in [0.1, 0.15) is 36.7 Å². The van der Waals surface area contributed by atoms with E-state index in [4.69, 9.17) is 0 Å². The van der Waals surface area contributed by atoms with Gasteiger partial charge in [0.25, 0.3) is 5.56 Å². The van der Waals surface area contributed by atoms with Crippen LogP contribution in [0.4, 0.5) is 10.1 Å². The Morgan fingerprint density at radius 2 is 1.93 bits per heavy atom. The minimum atomic E-state index is -0.684. The molecule has 0 spiro atoms. The van der Waals surface area contributed by atoms with Gasteiger partial charge in [0.1, 0.15) is 17.4 Å². The van der Waals surface area contributed by atoms with Gasteiger partial charge in [-0.15, -0.1) is 0 Å². The molecule has 6 nitrogen and oxygen atoms in total. The zero-order valence-corrected chi connectivity index (χ0v) is 15.9. The fourth-order valence-corrected chi connectivity index (χ4v) is 3.83. The Hall–Kier alpha value is -3.35. The van der Waals surface area contributed by atoms with Crippen molar-refractivity contribution in [2.24, 2.45) is 0 Å². The van der Waals surface area contributed by atoms with Gasteiger partial charge < -0.3 is 5.32 Å². The van der Waals surface area contributed by atoms with Gasteiger partial charge in [-0.25, -0.2) is 9.37 Å². The lowest BCUT2D eigenvalue weighted by Gasteiger charge is -2.24. The highest BCUT2D eigenvalue weighted by Crippen LogP contribution is 2.26. The number of fused-ring (bicyclic) bond motifs is 1. The molecule has 3 aromatic rings. The van der Waals surface area contributed by atoms with Crippen molar-refractivity contribution in [1.29, 1.82) is 0 Å². The summed E-state index contributed by atoms with van der Waals surface area (Å²) in [6.07, 6.45) is 0.422. The van der Waals surface area contributed by atoms with E-state index >= 15 is 0 Å². The molecule has 148 valence electrons. The van der Waals surface area contributed by atoms with Crippen LogP contribution in [0.3, 0.4) is 0 Å². The third-order valence-corrected chi connectivity index (χ3v) is 5.28. The van der Waals surface area contributed by atoms with Crippen LogP contribution < -0.4 is 10.9 Å². The van der Waals surface area contributed by atoms with Crippen molar-refractivity contribution in [3.8, 4) is 0 Å². The largest absolute Gasteiger partial charge is 0.380 e. The second-order valence-corrected chi connectivity index (χ2v) is 7.22. The molecule has 1 saturated carbocycles. The van der Waals surface area contributed by atoms with Crippen LogP contribution in [-0.4, -0.2) is 21.1 Å². The number of anilines is 1. The predicted molar refractivity (Wildman–Crippen MR) is 107 cm³/mol. The van der Waals surface area contributed by atoms with Crippen molar-refractivity contribution < 1.29 is 14.0 Å². The lowest BCUT2D eigenvalue weighted by molar-refractivity contribution is -0.132. The zero-order chi connectivity index (χ0) is 20.5. The SMILES string of the molecule is Cc1nc2cccc(NCc3ccccc3F)c2c(=O)n1C1CCC(=O)CC1=O. The Kier molecular flexibility index (Phi) is 4.96. The molecule has 1 unspecified atom stereocenters. The number of nitrogens with zero attached hydrogens (tertiary/aromatic N) is 2. The Morgan fingerprint density at radius 1 is 1.14 bits per heavy atom. The molecule has 1 atom stereocenters. The number of carbonyl (C=O) groups excluding carboxylic acids is 2. The van der Waals surface area contributed by atoms with E-state index in [1.54, 1.807) is 43.3 Å². The summed E-state index contributed by atoms with van der Waals surface area (Å²) in [7, 11) is 0. The Morgan fingerprint density at radius 3 is 2.69 bits per heavy atom. The lowest BCUT2D eigenvalue weighted by Crippen LogP contribution is -2.36. The van der Waals surface area contributed by atoms with Crippen LogP contribution in [0.2, 0.25) is 0 Å². The Balaban J connectivity index is 1.77. The van der Waals surface area contributed by atoms with Gasteiger partial charge in [0.15, 0.2) is 5.78 Å². The zero-order valence-electron chi connectivity index (χ0n) is 15.9. The number of carbonyl (C=O) groups is 2. The molecule has 1 aromatic heterocycles. The summed E-state index contributed by atoms with van der Waals surface area (Å²) >= 11 is 0. The van der Waals surface area contributed by atoms with Gasteiger partial charge in [-0.05, 0) is 31.5 Å². The summed E-state index contributed by atoms with van der Waals surface area (Å²) in [4.78, 5) is 41.8. The smallest absolute Gasteiger partial charge is 0.264 e. The summed E-state index contributed by atoms with van der Waals surface area (Å²) in [5, 5.41) is 3.47. The quantitative estimate of drug-likeness (QED) is 0.688. The molecule has 0 radical (unpaired) electrons. The van der Waals surface area contributed by atoms with Gasteiger partial charge in [0, 0.05) is 24.2 Å². The molecular weight excluding hydrogens is 373 g/mol. The third-order valence-electron chi connectivity index (χ3n) is 5.28. The number of aryl methyl sites for hydroxylation is 1. The average Bonchev–Trinajstić information content (AvgIpc) is 2.68. The van der Waals surface area contributed by atoms with Gasteiger partial charge in [0.2, 0.25) is 0 Å². The number of nitrogens with one attached hydrogen (secondary N) is 1. The van der Waals surface area contributed by atoms with Crippen molar-refractivity contribution in [2.45, 2.75) is 38.8 Å². The van der Waals surface area contributed by atoms with E-state index in [1.807, 2.05) is 0 Å². The summed E-state index contributed by atoms with van der Waals surface area (Å²) in [5.41, 5.74) is 1.17. The molecule has 1 N–H and O–H groups in total. The fraction of sp³-hybridized carbons (Fsp3) is 0.273. The van der Waals surface area contributed by atoms with Crippen LogP contribution >= 0.6 is 0 Å². The van der Waals surface area contributed by atoms with Gasteiger partial charge in [-0.3, -0.25) is 19.0 Å². The van der Waals surface area contributed by atoms with Crippen LogP contribution in [0.15, 0.2) is 47.3 Å². The highest BCUT2D eigenvalue weighted by atomic mass is 19.1. The van der Waals surface area contributed by atoms with Crippen molar-refractivity contribution in [3.05, 3.63) is 70.0 Å². The number of aromatic nitrogens is 2. The first kappa shape index (κ1) is 19.0. The summed E-state index contributed by atoms with van der Waals surface area (Å²) in [6, 6.07) is 11.0. The average molecular weight is 393 g/mol. The maximum absolute atomic E-state index is 13.9. The van der Waals surface area contributed by atoms with E-state index in [0.29, 0.717) is 34.4 Å². The molecule has 0 amide bonds. The molecule has 0 aliphatic heterocycles. The monoisotopic (exact) mass is 393 g/mol. The van der Waals surface area contributed by atoms with E-state index in [-0.39, 0.29) is 42.3 Å². The molecule has 1 aliphatic rings. The number of hydrogen-bond donors (Lipinski definition) is 1. The minimum Gasteiger partial charge on any atom is -0.380 e. The minimum absolute atomic E-state index is 0.0991. The second-order valence-electron chi connectivity index (χ2n) is 7.22. The topological polar surface area (TPSA) is 81.1 Å². The molecule has 7 heteroatoms. The number of hydrogen-bond acceptors (Lipinski definition) is 5. The number of halogens is 1. The van der Waals surface area contributed by atoms with Crippen molar-refractivity contribution in [1.82, 2.24) is 9.55 Å². The van der Waals surface area contributed by atoms with Crippen LogP contribution in [-0.2, 0) is 16.1 Å². The van der Waals surface area contributed by atoms with Gasteiger partial charge in [-0.1, -0.05) is 24.3 Å². The standard InChI is InChI=1S/C22H20FN3O3/c1-13-25-18-8-4-7-17(24-12-14-5-2-3-6-16(14)23)21(18)22(29)26(13)19-10-9-15(27)11-20(19)28/h2-8,19,24H,9-12H2,1H3. The normalized spacial score (nSPS) is 17.0. The number of benzene rings is 2. The van der Waals surface area contributed by atoms with Crippen molar-refractivity contribution in [2.75, 3.05) is 5.32 Å². The number of ketones is 2. The van der Waals surface area contributed by atoms with Crippen LogP contribution in [0.5, 0.6) is 0 Å². The molecule has 29 heavy (non-hydrogen) atoms. The maximum atomic E-state index is 13.9. The summed E-state index contributed by atoms with van der Waals surface area (Å²) in [5.74, 6) is -0.257. The highest BCUT2D eigenvalue weighted by molar-refractivity contribution is 6.03. The van der Waals surface area contributed by atoms with Gasteiger partial charge in [-0.2, -0.15) is 0 Å². The van der Waals surface area contributed by atoms with E-state index in [0.717, 1.165) is 0 Å². The Bertz CT molecular complexity index is 1190. The first-order valence-corrected chi connectivity index (χ1v) is 9.49. The molecule has 0 bridgehead atoms. The number of rotatable bonds is 4. The lowest BCUT2D eigenvalue weighted by atomic mass is 9.92. The summed E-state index contributed by atoms with van der Waals surface area (Å²) < 4.78 is 15.3. The molecular formula is C22H20FN3O3. The van der Waals surface area contributed by atoms with Gasteiger partial charge >= 0.3 is 0 Å². The van der Waals surface area contributed by atoms with Crippen molar-refractivity contribution >= 4 is 28.2 Å². The molecule has 1 aliphatic carbocycles. The molecule has 2 aromatic carbocycles. The van der Waals surface area contributed by atoms with Crippen LogP contribution in [0, 0.1) is 12.7 Å². The first-order chi connectivity index (χ1) is 14.0. The first-order valence-electron chi connectivity index (χ1n) is 9.49. The van der Waals surface area contributed by atoms with Gasteiger partial charge in [0.05, 0.1) is 23.4 Å². The van der Waals surface area contributed by atoms with E-state index < -0.39 is 6.04 Å². The maximum Gasteiger partial charge on any atom is 0.264 e. The fourth-order valence-electron chi connectivity index (χ4n) is 3.83. The van der Waals surface area contributed by atoms with E-state index in [9.17, 15) is 18.8 Å². The van der Waals surface area contributed by atoms with E-state index in [2.05, 4.69) is 10.3 Å². The molecule has 1 fully saturated rings. The molecule has 1 heterocycles. The summed E-state index contributed by atoms with van der Waals surface area (Å²) in [6.45, 7) is 1.89. The molecule has 0 saturated heterocycles.